The lowest BCUT2D eigenvalue weighted by Crippen LogP contribution is -1.88. The fraction of sp³-hybridized carbons (Fsp3) is 0.0500. The molecule has 0 saturated heterocycles. The highest BCUT2D eigenvalue weighted by atomic mass is 16.6. The van der Waals surface area contributed by atoms with E-state index >= 15 is 0 Å². The van der Waals surface area contributed by atoms with E-state index in [-0.39, 0.29) is 5.69 Å². The van der Waals surface area contributed by atoms with Crippen LogP contribution >= 0.6 is 0 Å². The molecule has 0 atom stereocenters. The fourth-order valence-electron chi connectivity index (χ4n) is 2.40. The maximum atomic E-state index is 10.7. The van der Waals surface area contributed by atoms with Crippen LogP contribution in [-0.4, -0.2) is 18.2 Å². The van der Waals surface area contributed by atoms with Crippen molar-refractivity contribution in [3.63, 3.8) is 0 Å². The molecule has 0 spiro atoms. The average Bonchev–Trinajstić information content (AvgIpc) is 2.67. The van der Waals surface area contributed by atoms with Crippen molar-refractivity contribution in [2.75, 3.05) is 7.11 Å². The molecule has 0 unspecified atom stereocenters. The number of nitro groups is 1. The topological polar surface area (TPSA) is 64.7 Å². The maximum Gasteiger partial charge on any atom is 0.269 e. The monoisotopic (exact) mass is 332 g/mol. The van der Waals surface area contributed by atoms with Gasteiger partial charge in [0.05, 0.1) is 17.7 Å². The van der Waals surface area contributed by atoms with Gasteiger partial charge in [0.25, 0.3) is 5.69 Å². The molecular formula is C20H16N2O3. The minimum Gasteiger partial charge on any atom is -0.497 e. The van der Waals surface area contributed by atoms with Crippen LogP contribution in [0.25, 0.3) is 11.1 Å². The van der Waals surface area contributed by atoms with Crippen molar-refractivity contribution in [1.82, 2.24) is 0 Å². The number of nitro benzene ring substituents is 1. The molecule has 0 aliphatic rings. The van der Waals surface area contributed by atoms with Crippen molar-refractivity contribution in [2.24, 2.45) is 4.99 Å². The first kappa shape index (κ1) is 16.4. The van der Waals surface area contributed by atoms with Gasteiger partial charge in [-0.05, 0) is 53.1 Å². The first-order valence-electron chi connectivity index (χ1n) is 7.69. The van der Waals surface area contributed by atoms with E-state index in [1.807, 2.05) is 48.5 Å². The summed E-state index contributed by atoms with van der Waals surface area (Å²) in [6.07, 6.45) is 1.69. The number of hydrogen-bond donors (Lipinski definition) is 0. The highest BCUT2D eigenvalue weighted by Crippen LogP contribution is 2.27. The quantitative estimate of drug-likeness (QED) is 0.374. The van der Waals surface area contributed by atoms with Crippen LogP contribution in [0.3, 0.4) is 0 Å². The van der Waals surface area contributed by atoms with E-state index in [0.717, 1.165) is 28.1 Å². The van der Waals surface area contributed by atoms with Crippen molar-refractivity contribution in [1.29, 1.82) is 0 Å². The zero-order valence-corrected chi connectivity index (χ0v) is 13.6. The van der Waals surface area contributed by atoms with Crippen LogP contribution in [-0.2, 0) is 0 Å². The van der Waals surface area contributed by atoms with E-state index in [1.54, 1.807) is 25.5 Å². The van der Waals surface area contributed by atoms with Crippen molar-refractivity contribution in [2.45, 2.75) is 0 Å². The summed E-state index contributed by atoms with van der Waals surface area (Å²) < 4.78 is 5.26. The zero-order chi connectivity index (χ0) is 17.6. The van der Waals surface area contributed by atoms with Crippen molar-refractivity contribution < 1.29 is 9.66 Å². The Morgan fingerprint density at radius 2 is 1.64 bits per heavy atom. The van der Waals surface area contributed by atoms with E-state index in [4.69, 9.17) is 4.74 Å². The van der Waals surface area contributed by atoms with E-state index in [2.05, 4.69) is 4.99 Å². The number of aliphatic imine (C=N–C) groups is 1. The van der Waals surface area contributed by atoms with E-state index in [9.17, 15) is 10.1 Å². The fourth-order valence-corrected chi connectivity index (χ4v) is 2.40. The van der Waals surface area contributed by atoms with E-state index in [0.29, 0.717) is 0 Å². The standard InChI is InChI=1S/C20H16N2O3/c1-25-20-7-3-5-17(13-20)16-4-2-6-18(12-16)21-14-15-8-10-19(11-9-15)22(23)24/h2-14H,1H3. The lowest BCUT2D eigenvalue weighted by Gasteiger charge is -2.05. The second kappa shape index (κ2) is 7.40. The number of hydrogen-bond acceptors (Lipinski definition) is 4. The zero-order valence-electron chi connectivity index (χ0n) is 13.6. The van der Waals surface area contributed by atoms with Crippen LogP contribution in [0.5, 0.6) is 5.75 Å². The highest BCUT2D eigenvalue weighted by Gasteiger charge is 2.03. The smallest absolute Gasteiger partial charge is 0.269 e. The average molecular weight is 332 g/mol. The van der Waals surface area contributed by atoms with Crippen molar-refractivity contribution in [3.05, 3.63) is 88.5 Å². The Hall–Kier alpha value is -3.47. The summed E-state index contributed by atoms with van der Waals surface area (Å²) in [7, 11) is 1.64. The highest BCUT2D eigenvalue weighted by molar-refractivity contribution is 5.83. The molecule has 0 N–H and O–H groups in total. The van der Waals surface area contributed by atoms with Gasteiger partial charge >= 0.3 is 0 Å². The predicted octanol–water partition coefficient (Wildman–Crippen LogP) is 5.02. The van der Waals surface area contributed by atoms with Gasteiger partial charge in [-0.25, -0.2) is 0 Å². The number of non-ortho nitro benzene ring substituents is 1. The second-order valence-corrected chi connectivity index (χ2v) is 5.39. The molecular weight excluding hydrogens is 316 g/mol. The van der Waals surface area contributed by atoms with Gasteiger partial charge in [-0.3, -0.25) is 15.1 Å². The Kier molecular flexibility index (Phi) is 4.85. The van der Waals surface area contributed by atoms with Gasteiger partial charge in [-0.2, -0.15) is 0 Å². The SMILES string of the molecule is COc1cccc(-c2cccc(N=Cc3ccc([N+](=O)[O-])cc3)c2)c1. The van der Waals surface area contributed by atoms with Crippen LogP contribution in [0, 0.1) is 10.1 Å². The molecule has 0 heterocycles. The molecule has 3 rings (SSSR count). The van der Waals surface area contributed by atoms with Gasteiger partial charge in [0.1, 0.15) is 5.75 Å². The Morgan fingerprint density at radius 1 is 0.960 bits per heavy atom. The van der Waals surface area contributed by atoms with Crippen LogP contribution in [0.15, 0.2) is 77.8 Å². The number of rotatable bonds is 5. The molecule has 3 aromatic rings. The molecule has 3 aromatic carbocycles. The first-order valence-corrected chi connectivity index (χ1v) is 7.69. The van der Waals surface area contributed by atoms with Crippen molar-refractivity contribution >= 4 is 17.6 Å². The van der Waals surface area contributed by atoms with Crippen LogP contribution in [0.2, 0.25) is 0 Å². The molecule has 0 radical (unpaired) electrons. The van der Waals surface area contributed by atoms with Gasteiger partial charge in [-0.1, -0.05) is 24.3 Å². The molecule has 124 valence electrons. The third-order valence-electron chi connectivity index (χ3n) is 3.72. The Bertz CT molecular complexity index is 918. The maximum absolute atomic E-state index is 10.7. The van der Waals surface area contributed by atoms with Gasteiger partial charge in [0.2, 0.25) is 0 Å². The number of methoxy groups -OCH3 is 1. The molecule has 0 aliphatic heterocycles. The summed E-state index contributed by atoms with van der Waals surface area (Å²) in [5.41, 5.74) is 3.76. The summed E-state index contributed by atoms with van der Waals surface area (Å²) in [6.45, 7) is 0. The molecule has 0 saturated carbocycles. The number of ether oxygens (including phenoxy) is 1. The lowest BCUT2D eigenvalue weighted by atomic mass is 10.0. The molecule has 0 aliphatic carbocycles. The molecule has 25 heavy (non-hydrogen) atoms. The summed E-state index contributed by atoms with van der Waals surface area (Å²) in [5, 5.41) is 10.7. The number of nitrogens with zero attached hydrogens (tertiary/aromatic N) is 2. The van der Waals surface area contributed by atoms with Gasteiger partial charge in [-0.15, -0.1) is 0 Å². The van der Waals surface area contributed by atoms with Crippen LogP contribution < -0.4 is 4.74 Å². The largest absolute Gasteiger partial charge is 0.497 e. The minimum atomic E-state index is -0.418. The van der Waals surface area contributed by atoms with E-state index < -0.39 is 4.92 Å². The van der Waals surface area contributed by atoms with Gasteiger partial charge < -0.3 is 4.74 Å². The third kappa shape index (κ3) is 4.09. The summed E-state index contributed by atoms with van der Waals surface area (Å²) in [4.78, 5) is 14.7. The minimum absolute atomic E-state index is 0.0668. The Morgan fingerprint density at radius 3 is 2.32 bits per heavy atom. The molecule has 5 nitrogen and oxygen atoms in total. The summed E-state index contributed by atoms with van der Waals surface area (Å²) in [6, 6.07) is 22.0. The lowest BCUT2D eigenvalue weighted by molar-refractivity contribution is -0.384. The van der Waals surface area contributed by atoms with Gasteiger partial charge in [0, 0.05) is 18.3 Å². The molecule has 0 amide bonds. The van der Waals surface area contributed by atoms with E-state index in [1.165, 1.54) is 12.1 Å². The molecule has 0 aromatic heterocycles. The molecule has 5 heteroatoms. The van der Waals surface area contributed by atoms with Crippen LogP contribution in [0.4, 0.5) is 11.4 Å². The predicted molar refractivity (Wildman–Crippen MR) is 98.8 cm³/mol. The normalized spacial score (nSPS) is 10.8. The molecule has 0 fully saturated rings. The summed E-state index contributed by atoms with van der Waals surface area (Å²) in [5.74, 6) is 0.803. The third-order valence-corrected chi connectivity index (χ3v) is 3.72. The molecule has 0 bridgehead atoms. The van der Waals surface area contributed by atoms with Gasteiger partial charge in [0.15, 0.2) is 0 Å². The second-order valence-electron chi connectivity index (χ2n) is 5.39. The first-order chi connectivity index (χ1) is 12.2. The number of benzene rings is 3. The summed E-state index contributed by atoms with van der Waals surface area (Å²) >= 11 is 0. The Balaban J connectivity index is 1.82. The Labute approximate surface area is 145 Å². The van der Waals surface area contributed by atoms with Crippen molar-refractivity contribution in [3.8, 4) is 16.9 Å². The van der Waals surface area contributed by atoms with Crippen LogP contribution in [0.1, 0.15) is 5.56 Å².